The van der Waals surface area contributed by atoms with E-state index in [1.807, 2.05) is 18.4 Å². The molecule has 0 atom stereocenters. The van der Waals surface area contributed by atoms with Crippen LogP contribution in [0.2, 0.25) is 0 Å². The Morgan fingerprint density at radius 1 is 1.39 bits per heavy atom. The summed E-state index contributed by atoms with van der Waals surface area (Å²) in [5.41, 5.74) is 3.47. The lowest BCUT2D eigenvalue weighted by Gasteiger charge is -2.02. The Kier molecular flexibility index (Phi) is 3.89. The third-order valence-electron chi connectivity index (χ3n) is 3.41. The molecule has 0 unspecified atom stereocenters. The standard InChI is InChI=1S/C17H15N3O2S/c1-5-6-20-14-8-10(2)7-11(3)15(14)23-17(20)18-16(21)13-9-12(4)22-19-13/h1,7-9H,6H2,2-4H3. The number of rotatable bonds is 2. The van der Waals surface area contributed by atoms with Crippen LogP contribution in [-0.4, -0.2) is 15.6 Å². The number of aryl methyl sites for hydroxylation is 3. The zero-order valence-electron chi connectivity index (χ0n) is 13.1. The largest absolute Gasteiger partial charge is 0.361 e. The summed E-state index contributed by atoms with van der Waals surface area (Å²) in [7, 11) is 0. The minimum atomic E-state index is -0.437. The molecule has 2 aromatic heterocycles. The van der Waals surface area contributed by atoms with Gasteiger partial charge in [-0.2, -0.15) is 4.99 Å². The second kappa shape index (κ2) is 5.86. The number of hydrogen-bond donors (Lipinski definition) is 0. The van der Waals surface area contributed by atoms with Gasteiger partial charge in [-0.1, -0.05) is 28.5 Å². The minimum absolute atomic E-state index is 0.195. The van der Waals surface area contributed by atoms with Crippen molar-refractivity contribution < 1.29 is 9.32 Å². The minimum Gasteiger partial charge on any atom is -0.361 e. The molecule has 3 rings (SSSR count). The summed E-state index contributed by atoms with van der Waals surface area (Å²) >= 11 is 1.45. The van der Waals surface area contributed by atoms with Gasteiger partial charge in [-0.25, -0.2) is 0 Å². The van der Waals surface area contributed by atoms with Crippen molar-refractivity contribution in [2.24, 2.45) is 4.99 Å². The van der Waals surface area contributed by atoms with Crippen molar-refractivity contribution >= 4 is 27.5 Å². The monoisotopic (exact) mass is 325 g/mol. The van der Waals surface area contributed by atoms with Gasteiger partial charge in [0.05, 0.1) is 16.8 Å². The second-order valence-electron chi connectivity index (χ2n) is 5.34. The predicted octanol–water partition coefficient (Wildman–Crippen LogP) is 2.99. The zero-order valence-corrected chi connectivity index (χ0v) is 13.9. The highest BCUT2D eigenvalue weighted by atomic mass is 32.1. The average Bonchev–Trinajstić information content (AvgIpc) is 3.05. The third-order valence-corrected chi connectivity index (χ3v) is 4.64. The molecule has 5 nitrogen and oxygen atoms in total. The fourth-order valence-electron chi connectivity index (χ4n) is 2.45. The molecule has 2 heterocycles. The number of benzene rings is 1. The van der Waals surface area contributed by atoms with Crippen molar-refractivity contribution in [1.29, 1.82) is 0 Å². The Bertz CT molecular complexity index is 1010. The highest BCUT2D eigenvalue weighted by Gasteiger charge is 2.13. The molecule has 0 saturated heterocycles. The van der Waals surface area contributed by atoms with Gasteiger partial charge in [0.1, 0.15) is 5.76 Å². The summed E-state index contributed by atoms with van der Waals surface area (Å²) in [6, 6.07) is 5.73. The van der Waals surface area contributed by atoms with Gasteiger partial charge in [0.2, 0.25) is 0 Å². The van der Waals surface area contributed by atoms with Crippen LogP contribution < -0.4 is 4.80 Å². The topological polar surface area (TPSA) is 60.4 Å². The Labute approximate surface area is 137 Å². The summed E-state index contributed by atoms with van der Waals surface area (Å²) < 4.78 is 7.89. The first-order valence-corrected chi connectivity index (χ1v) is 7.87. The molecule has 0 aliphatic heterocycles. The molecule has 3 aromatic rings. The van der Waals surface area contributed by atoms with E-state index in [9.17, 15) is 4.79 Å². The van der Waals surface area contributed by atoms with Crippen molar-refractivity contribution in [3.63, 3.8) is 0 Å². The highest BCUT2D eigenvalue weighted by Crippen LogP contribution is 2.23. The van der Waals surface area contributed by atoms with E-state index in [1.54, 1.807) is 13.0 Å². The van der Waals surface area contributed by atoms with Crippen LogP contribution in [0, 0.1) is 33.1 Å². The molecule has 0 fully saturated rings. The average molecular weight is 325 g/mol. The quantitative estimate of drug-likeness (QED) is 0.681. The molecule has 0 aliphatic carbocycles. The molecule has 0 spiro atoms. The molecule has 1 amide bonds. The summed E-state index contributed by atoms with van der Waals surface area (Å²) in [4.78, 5) is 17.0. The SMILES string of the molecule is C#CCn1c(=NC(=O)c2cc(C)on2)sc2c(C)cc(C)cc21. The number of hydrogen-bond acceptors (Lipinski definition) is 4. The van der Waals surface area contributed by atoms with Gasteiger partial charge in [-0.3, -0.25) is 4.79 Å². The first-order valence-electron chi connectivity index (χ1n) is 7.06. The molecular formula is C17H15N3O2S. The second-order valence-corrected chi connectivity index (χ2v) is 6.32. The van der Waals surface area contributed by atoms with E-state index in [1.165, 1.54) is 11.3 Å². The van der Waals surface area contributed by atoms with E-state index in [2.05, 4.69) is 28.2 Å². The molecule has 0 aliphatic rings. The summed E-state index contributed by atoms with van der Waals surface area (Å²) in [6.45, 7) is 6.16. The lowest BCUT2D eigenvalue weighted by Crippen LogP contribution is -2.16. The maximum atomic E-state index is 12.3. The smallest absolute Gasteiger partial charge is 0.301 e. The lowest BCUT2D eigenvalue weighted by atomic mass is 10.1. The van der Waals surface area contributed by atoms with E-state index < -0.39 is 5.91 Å². The van der Waals surface area contributed by atoms with E-state index in [0.717, 1.165) is 21.3 Å². The normalized spacial score (nSPS) is 11.8. The Balaban J connectivity index is 2.22. The van der Waals surface area contributed by atoms with Crippen LogP contribution in [0.5, 0.6) is 0 Å². The Morgan fingerprint density at radius 3 is 2.83 bits per heavy atom. The van der Waals surface area contributed by atoms with Crippen molar-refractivity contribution in [2.75, 3.05) is 0 Å². The molecule has 0 radical (unpaired) electrons. The molecule has 23 heavy (non-hydrogen) atoms. The van der Waals surface area contributed by atoms with E-state index >= 15 is 0 Å². The van der Waals surface area contributed by atoms with Crippen molar-refractivity contribution in [1.82, 2.24) is 9.72 Å². The summed E-state index contributed by atoms with van der Waals surface area (Å²) in [6.07, 6.45) is 5.48. The maximum absolute atomic E-state index is 12.3. The van der Waals surface area contributed by atoms with Gasteiger partial charge in [0, 0.05) is 6.07 Å². The number of aromatic nitrogens is 2. The first kappa shape index (κ1) is 15.3. The Hall–Kier alpha value is -2.65. The molecule has 1 aromatic carbocycles. The fraction of sp³-hybridized carbons (Fsp3) is 0.235. The predicted molar refractivity (Wildman–Crippen MR) is 89.3 cm³/mol. The number of carbonyl (C=O) groups excluding carboxylic acids is 1. The van der Waals surface area contributed by atoms with E-state index in [-0.39, 0.29) is 5.69 Å². The van der Waals surface area contributed by atoms with E-state index in [4.69, 9.17) is 10.9 Å². The van der Waals surface area contributed by atoms with Gasteiger partial charge >= 0.3 is 5.91 Å². The van der Waals surface area contributed by atoms with Crippen LogP contribution in [-0.2, 0) is 6.54 Å². The van der Waals surface area contributed by atoms with Crippen LogP contribution >= 0.6 is 11.3 Å². The number of terminal acetylenes is 1. The molecular weight excluding hydrogens is 310 g/mol. The highest BCUT2D eigenvalue weighted by molar-refractivity contribution is 7.16. The van der Waals surface area contributed by atoms with E-state index in [0.29, 0.717) is 17.1 Å². The third kappa shape index (κ3) is 2.83. The first-order chi connectivity index (χ1) is 11.0. The van der Waals surface area contributed by atoms with Gasteiger partial charge in [0.15, 0.2) is 10.5 Å². The molecule has 0 bridgehead atoms. The molecule has 6 heteroatoms. The zero-order chi connectivity index (χ0) is 16.6. The molecule has 0 N–H and O–H groups in total. The maximum Gasteiger partial charge on any atom is 0.301 e. The van der Waals surface area contributed by atoms with Crippen LogP contribution in [0.25, 0.3) is 10.2 Å². The van der Waals surface area contributed by atoms with Crippen molar-refractivity contribution in [2.45, 2.75) is 27.3 Å². The van der Waals surface area contributed by atoms with Crippen LogP contribution in [0.1, 0.15) is 27.4 Å². The lowest BCUT2D eigenvalue weighted by molar-refractivity contribution is 0.0989. The number of fused-ring (bicyclic) bond motifs is 1. The summed E-state index contributed by atoms with van der Waals surface area (Å²) in [5, 5.41) is 3.71. The number of thiazole rings is 1. The van der Waals surface area contributed by atoms with Gasteiger partial charge in [-0.05, 0) is 38.0 Å². The van der Waals surface area contributed by atoms with Crippen LogP contribution in [0.3, 0.4) is 0 Å². The number of amides is 1. The van der Waals surface area contributed by atoms with Crippen LogP contribution in [0.4, 0.5) is 0 Å². The van der Waals surface area contributed by atoms with Gasteiger partial charge in [-0.15, -0.1) is 6.42 Å². The Morgan fingerprint density at radius 2 is 2.17 bits per heavy atom. The molecule has 116 valence electrons. The number of carbonyl (C=O) groups is 1. The van der Waals surface area contributed by atoms with Gasteiger partial charge in [0.25, 0.3) is 0 Å². The van der Waals surface area contributed by atoms with Gasteiger partial charge < -0.3 is 9.09 Å². The fourth-order valence-corrected chi connectivity index (χ4v) is 3.53. The van der Waals surface area contributed by atoms with Crippen molar-refractivity contribution in [3.05, 3.63) is 45.6 Å². The molecule has 0 saturated carbocycles. The summed E-state index contributed by atoms with van der Waals surface area (Å²) in [5.74, 6) is 2.76. The van der Waals surface area contributed by atoms with Crippen molar-refractivity contribution in [3.8, 4) is 12.3 Å². The van der Waals surface area contributed by atoms with Crippen LogP contribution in [0.15, 0.2) is 27.7 Å². The number of nitrogens with zero attached hydrogens (tertiary/aromatic N) is 3.